The molecule has 9 heteroatoms. The molecule has 22 heavy (non-hydrogen) atoms. The van der Waals surface area contributed by atoms with Gasteiger partial charge in [0.2, 0.25) is 0 Å². The van der Waals surface area contributed by atoms with Crippen molar-refractivity contribution in [2.75, 3.05) is 19.0 Å². The molecule has 1 saturated heterocycles. The van der Waals surface area contributed by atoms with E-state index in [1.807, 2.05) is 0 Å². The van der Waals surface area contributed by atoms with Crippen LogP contribution in [0.25, 0.3) is 0 Å². The quantitative estimate of drug-likeness (QED) is 0.663. The number of aliphatic imine (C=N–C) groups is 1. The van der Waals surface area contributed by atoms with Crippen molar-refractivity contribution in [3.63, 3.8) is 0 Å². The standard InChI is InChI=1S/C13H13F2N3O3S/c14-10-2-1-8(18(19)20)5-9(10)13-6-21-4-3-12(13,15)7-22-11(16)17-13/h1-2,5H,3-4,6-7H2,(H2,16,17)/t12-,13-/m1/s1. The molecule has 0 amide bonds. The normalized spacial score (nSPS) is 31.3. The van der Waals surface area contributed by atoms with Gasteiger partial charge < -0.3 is 10.5 Å². The predicted molar refractivity (Wildman–Crippen MR) is 78.1 cm³/mol. The summed E-state index contributed by atoms with van der Waals surface area (Å²) in [6.07, 6.45) is 0.0267. The molecule has 0 bridgehead atoms. The maximum atomic E-state index is 15.4. The van der Waals surface area contributed by atoms with Gasteiger partial charge in [-0.05, 0) is 6.07 Å². The first-order valence-electron chi connectivity index (χ1n) is 6.57. The summed E-state index contributed by atoms with van der Waals surface area (Å²) in [4.78, 5) is 14.4. The van der Waals surface area contributed by atoms with Gasteiger partial charge in [-0.1, -0.05) is 11.8 Å². The molecule has 0 saturated carbocycles. The van der Waals surface area contributed by atoms with Gasteiger partial charge in [-0.2, -0.15) is 0 Å². The van der Waals surface area contributed by atoms with Crippen LogP contribution in [0.1, 0.15) is 12.0 Å². The SMILES string of the molecule is NC1=N[C@@]2(c3cc([N+](=O)[O-])ccc3F)COCC[C@@]2(F)CS1. The van der Waals surface area contributed by atoms with Crippen molar-refractivity contribution in [2.24, 2.45) is 10.7 Å². The summed E-state index contributed by atoms with van der Waals surface area (Å²) >= 11 is 1.05. The number of hydrogen-bond donors (Lipinski definition) is 1. The highest BCUT2D eigenvalue weighted by atomic mass is 32.2. The molecule has 2 atom stereocenters. The van der Waals surface area contributed by atoms with E-state index in [0.29, 0.717) is 0 Å². The molecule has 0 spiro atoms. The van der Waals surface area contributed by atoms with Gasteiger partial charge >= 0.3 is 0 Å². The van der Waals surface area contributed by atoms with E-state index >= 15 is 4.39 Å². The van der Waals surface area contributed by atoms with Crippen molar-refractivity contribution in [1.82, 2.24) is 0 Å². The fourth-order valence-corrected chi connectivity index (χ4v) is 3.83. The van der Waals surface area contributed by atoms with Crippen molar-refractivity contribution in [3.05, 3.63) is 39.7 Å². The molecule has 2 N–H and O–H groups in total. The number of amidine groups is 1. The molecule has 0 aliphatic carbocycles. The van der Waals surface area contributed by atoms with Crippen LogP contribution in [0.4, 0.5) is 14.5 Å². The summed E-state index contributed by atoms with van der Waals surface area (Å²) in [5, 5.41) is 11.1. The van der Waals surface area contributed by atoms with E-state index in [-0.39, 0.29) is 41.8 Å². The van der Waals surface area contributed by atoms with Crippen LogP contribution < -0.4 is 5.73 Å². The first-order valence-corrected chi connectivity index (χ1v) is 7.56. The van der Waals surface area contributed by atoms with Crippen LogP contribution >= 0.6 is 11.8 Å². The molecule has 1 fully saturated rings. The molecule has 2 aliphatic heterocycles. The van der Waals surface area contributed by atoms with Gasteiger partial charge in [0, 0.05) is 36.5 Å². The number of nitrogens with zero attached hydrogens (tertiary/aromatic N) is 2. The minimum atomic E-state index is -1.87. The summed E-state index contributed by atoms with van der Waals surface area (Å²) in [5.74, 6) is -0.755. The van der Waals surface area contributed by atoms with E-state index in [9.17, 15) is 14.5 Å². The van der Waals surface area contributed by atoms with Crippen molar-refractivity contribution >= 4 is 22.6 Å². The first-order chi connectivity index (χ1) is 10.4. The summed E-state index contributed by atoms with van der Waals surface area (Å²) in [7, 11) is 0. The monoisotopic (exact) mass is 329 g/mol. The lowest BCUT2D eigenvalue weighted by molar-refractivity contribution is -0.385. The Bertz CT molecular complexity index is 672. The van der Waals surface area contributed by atoms with Crippen LogP contribution in [-0.2, 0) is 10.3 Å². The van der Waals surface area contributed by atoms with Gasteiger partial charge in [-0.25, -0.2) is 13.8 Å². The van der Waals surface area contributed by atoms with Crippen molar-refractivity contribution in [1.29, 1.82) is 0 Å². The molecular formula is C13H13F2N3O3S. The number of thioether (sulfide) groups is 1. The van der Waals surface area contributed by atoms with Crippen LogP contribution in [0.3, 0.4) is 0 Å². The Morgan fingerprint density at radius 1 is 1.50 bits per heavy atom. The van der Waals surface area contributed by atoms with E-state index in [0.717, 1.165) is 30.0 Å². The number of halogens is 2. The predicted octanol–water partition coefficient (Wildman–Crippen LogP) is 2.12. The van der Waals surface area contributed by atoms with E-state index in [4.69, 9.17) is 10.5 Å². The van der Waals surface area contributed by atoms with Crippen LogP contribution in [-0.4, -0.2) is 34.7 Å². The van der Waals surface area contributed by atoms with E-state index in [1.54, 1.807) is 0 Å². The maximum absolute atomic E-state index is 15.4. The lowest BCUT2D eigenvalue weighted by Gasteiger charge is -2.47. The average Bonchev–Trinajstić information content (AvgIpc) is 2.48. The number of nitro groups is 1. The lowest BCUT2D eigenvalue weighted by atomic mass is 9.74. The van der Waals surface area contributed by atoms with Gasteiger partial charge in [0.25, 0.3) is 5.69 Å². The largest absolute Gasteiger partial charge is 0.379 e. The third-order valence-corrected chi connectivity index (χ3v) is 5.04. The van der Waals surface area contributed by atoms with Gasteiger partial charge in [0.1, 0.15) is 11.4 Å². The second-order valence-electron chi connectivity index (χ2n) is 5.29. The molecule has 118 valence electrons. The fraction of sp³-hybridized carbons (Fsp3) is 0.462. The Kier molecular flexibility index (Phi) is 3.56. The zero-order chi connectivity index (χ0) is 16.0. The van der Waals surface area contributed by atoms with E-state index in [1.165, 1.54) is 0 Å². The minimum Gasteiger partial charge on any atom is -0.379 e. The van der Waals surface area contributed by atoms with Crippen molar-refractivity contribution < 1.29 is 18.4 Å². The van der Waals surface area contributed by atoms with Gasteiger partial charge in [0.15, 0.2) is 10.8 Å². The van der Waals surface area contributed by atoms with Crippen LogP contribution in [0.15, 0.2) is 23.2 Å². The minimum absolute atomic E-state index is 0.00776. The Labute approximate surface area is 128 Å². The molecule has 1 aromatic rings. The topological polar surface area (TPSA) is 90.8 Å². The highest BCUT2D eigenvalue weighted by Gasteiger charge is 2.59. The van der Waals surface area contributed by atoms with Gasteiger partial charge in [0.05, 0.1) is 11.5 Å². The molecule has 0 aromatic heterocycles. The van der Waals surface area contributed by atoms with Crippen LogP contribution in [0, 0.1) is 15.9 Å². The Morgan fingerprint density at radius 3 is 3.00 bits per heavy atom. The number of benzene rings is 1. The number of non-ortho nitro benzene ring substituents is 1. The first kappa shape index (κ1) is 15.2. The molecule has 6 nitrogen and oxygen atoms in total. The molecule has 1 aromatic carbocycles. The zero-order valence-corrected chi connectivity index (χ0v) is 12.2. The number of nitro benzene ring substituents is 1. The Morgan fingerprint density at radius 2 is 2.27 bits per heavy atom. The van der Waals surface area contributed by atoms with E-state index in [2.05, 4.69) is 4.99 Å². The number of ether oxygens (including phenoxy) is 1. The fourth-order valence-electron chi connectivity index (χ4n) is 2.85. The number of hydrogen-bond acceptors (Lipinski definition) is 6. The highest BCUT2D eigenvalue weighted by molar-refractivity contribution is 8.13. The van der Waals surface area contributed by atoms with E-state index < -0.39 is 21.9 Å². The number of nitrogens with two attached hydrogens (primary N) is 1. The van der Waals surface area contributed by atoms with Crippen LogP contribution in [0.2, 0.25) is 0 Å². The van der Waals surface area contributed by atoms with Crippen LogP contribution in [0.5, 0.6) is 0 Å². The molecule has 3 rings (SSSR count). The number of fused-ring (bicyclic) bond motifs is 1. The molecule has 0 unspecified atom stereocenters. The molecule has 2 heterocycles. The van der Waals surface area contributed by atoms with Gasteiger partial charge in [-0.3, -0.25) is 10.1 Å². The summed E-state index contributed by atoms with van der Waals surface area (Å²) in [5.41, 5.74) is 1.64. The highest BCUT2D eigenvalue weighted by Crippen LogP contribution is 2.50. The summed E-state index contributed by atoms with van der Waals surface area (Å²) < 4.78 is 35.1. The third kappa shape index (κ3) is 2.15. The Hall–Kier alpha value is -1.74. The number of rotatable bonds is 2. The maximum Gasteiger partial charge on any atom is 0.270 e. The molecular weight excluding hydrogens is 316 g/mol. The molecule has 0 radical (unpaired) electrons. The zero-order valence-electron chi connectivity index (χ0n) is 11.4. The number of alkyl halides is 1. The second-order valence-corrected chi connectivity index (χ2v) is 6.28. The average molecular weight is 329 g/mol. The smallest absolute Gasteiger partial charge is 0.270 e. The third-order valence-electron chi connectivity index (χ3n) is 4.05. The van der Waals surface area contributed by atoms with Gasteiger partial charge in [-0.15, -0.1) is 0 Å². The van der Waals surface area contributed by atoms with Crippen molar-refractivity contribution in [3.8, 4) is 0 Å². The second kappa shape index (κ2) is 5.17. The molecule has 2 aliphatic rings. The lowest BCUT2D eigenvalue weighted by Crippen LogP contribution is -2.59. The van der Waals surface area contributed by atoms with Crippen molar-refractivity contribution in [2.45, 2.75) is 17.6 Å². The summed E-state index contributed by atoms with van der Waals surface area (Å²) in [6, 6.07) is 3.00. The Balaban J connectivity index is 2.23. The summed E-state index contributed by atoms with van der Waals surface area (Å²) in [6.45, 7) is -0.0202.